The molecule has 1 rings (SSSR count). The monoisotopic (exact) mass is 270 g/mol. The highest BCUT2D eigenvalue weighted by Gasteiger charge is 2.34. The first kappa shape index (κ1) is 15.4. The highest BCUT2D eigenvalue weighted by Crippen LogP contribution is 2.30. The predicted molar refractivity (Wildman–Crippen MR) is 79.4 cm³/mol. The minimum Gasteiger partial charge on any atom is -0.393 e. The Morgan fingerprint density at radius 3 is 2.28 bits per heavy atom. The van der Waals surface area contributed by atoms with Crippen LogP contribution in [0, 0.1) is 5.92 Å². The van der Waals surface area contributed by atoms with E-state index in [0.717, 1.165) is 38.5 Å². The number of rotatable bonds is 9. The van der Waals surface area contributed by atoms with Gasteiger partial charge < -0.3 is 10.6 Å². The number of hydrogen-bond acceptors (Lipinski definition) is 2. The largest absolute Gasteiger partial charge is 0.393 e. The van der Waals surface area contributed by atoms with Gasteiger partial charge in [0.15, 0.2) is 0 Å². The molecule has 0 heterocycles. The average molecular weight is 270 g/mol. The number of nitrogens with two attached hydrogens (primary N) is 1. The lowest BCUT2D eigenvalue weighted by Gasteiger charge is -2.27. The molecule has 0 aromatic rings. The fraction of sp³-hybridized carbons (Fsp3) is 0.857. The Morgan fingerprint density at radius 2 is 1.89 bits per heavy atom. The van der Waals surface area contributed by atoms with Crippen LogP contribution in [0.3, 0.4) is 0 Å². The van der Waals surface area contributed by atoms with Crippen molar-refractivity contribution in [3.8, 4) is 0 Å². The Labute approximate surface area is 116 Å². The summed E-state index contributed by atoms with van der Waals surface area (Å²) >= 11 is 4.92. The van der Waals surface area contributed by atoms with Gasteiger partial charge in [-0.3, -0.25) is 4.79 Å². The van der Waals surface area contributed by atoms with Crippen LogP contribution in [0.15, 0.2) is 0 Å². The van der Waals surface area contributed by atoms with Crippen molar-refractivity contribution in [2.45, 2.75) is 64.8 Å². The van der Waals surface area contributed by atoms with E-state index in [1.165, 1.54) is 0 Å². The summed E-state index contributed by atoms with van der Waals surface area (Å²) in [5, 5.41) is 0. The van der Waals surface area contributed by atoms with Gasteiger partial charge in [0, 0.05) is 24.9 Å². The van der Waals surface area contributed by atoms with Gasteiger partial charge in [-0.25, -0.2) is 0 Å². The molecule has 0 radical (unpaired) electrons. The topological polar surface area (TPSA) is 46.3 Å². The lowest BCUT2D eigenvalue weighted by Crippen LogP contribution is -2.39. The van der Waals surface area contributed by atoms with Crippen molar-refractivity contribution in [1.29, 1.82) is 0 Å². The number of hydrogen-bond donors (Lipinski definition) is 1. The molecule has 4 heteroatoms. The quantitative estimate of drug-likeness (QED) is 0.655. The highest BCUT2D eigenvalue weighted by molar-refractivity contribution is 7.80. The number of carbonyl (C=O) groups is 1. The van der Waals surface area contributed by atoms with E-state index in [0.29, 0.717) is 29.9 Å². The molecule has 0 aliphatic heterocycles. The van der Waals surface area contributed by atoms with Crippen LogP contribution in [0.1, 0.15) is 58.8 Å². The first-order chi connectivity index (χ1) is 8.60. The zero-order chi connectivity index (χ0) is 13.5. The van der Waals surface area contributed by atoms with Crippen molar-refractivity contribution in [2.24, 2.45) is 11.7 Å². The van der Waals surface area contributed by atoms with Crippen molar-refractivity contribution in [3.63, 3.8) is 0 Å². The second-order valence-corrected chi connectivity index (χ2v) is 5.78. The Bertz CT molecular complexity index is 284. The van der Waals surface area contributed by atoms with E-state index in [9.17, 15) is 4.79 Å². The fourth-order valence-corrected chi connectivity index (χ4v) is 2.50. The zero-order valence-corrected chi connectivity index (χ0v) is 12.5. The average Bonchev–Trinajstić information content (AvgIpc) is 3.13. The van der Waals surface area contributed by atoms with Gasteiger partial charge in [-0.1, -0.05) is 38.9 Å². The highest BCUT2D eigenvalue weighted by atomic mass is 32.1. The van der Waals surface area contributed by atoms with Crippen LogP contribution in [0.4, 0.5) is 0 Å². The number of nitrogens with zero attached hydrogens (tertiary/aromatic N) is 1. The molecule has 1 amide bonds. The lowest BCUT2D eigenvalue weighted by atomic mass is 9.96. The van der Waals surface area contributed by atoms with Crippen LogP contribution in [0.5, 0.6) is 0 Å². The van der Waals surface area contributed by atoms with Gasteiger partial charge in [0.25, 0.3) is 0 Å². The maximum absolute atomic E-state index is 12.6. The van der Waals surface area contributed by atoms with Crippen LogP contribution in [-0.2, 0) is 4.79 Å². The standard InChI is InChI=1S/C14H26N2OS/c1-3-5-11(6-4-2)14(17)16(12-7-8-12)10-9-13(15)18/h11-12H,3-10H2,1-2H3,(H2,15,18). The molecule has 2 N–H and O–H groups in total. The molecule has 104 valence electrons. The van der Waals surface area contributed by atoms with Crippen LogP contribution in [-0.4, -0.2) is 28.4 Å². The fourth-order valence-electron chi connectivity index (χ4n) is 2.41. The maximum Gasteiger partial charge on any atom is 0.225 e. The molecule has 0 unspecified atom stereocenters. The molecule has 1 aliphatic rings. The van der Waals surface area contributed by atoms with Crippen LogP contribution in [0.25, 0.3) is 0 Å². The van der Waals surface area contributed by atoms with Gasteiger partial charge in [-0.15, -0.1) is 0 Å². The summed E-state index contributed by atoms with van der Waals surface area (Å²) in [6.07, 6.45) is 7.10. The van der Waals surface area contributed by atoms with Crippen LogP contribution >= 0.6 is 12.2 Å². The number of carbonyl (C=O) groups excluding carboxylic acids is 1. The van der Waals surface area contributed by atoms with Crippen molar-refractivity contribution in [1.82, 2.24) is 4.90 Å². The SMILES string of the molecule is CCCC(CCC)C(=O)N(CCC(N)=S)C1CC1. The smallest absolute Gasteiger partial charge is 0.225 e. The predicted octanol–water partition coefficient (Wildman–Crippen LogP) is 2.87. The minimum atomic E-state index is 0.201. The molecule has 0 atom stereocenters. The van der Waals surface area contributed by atoms with Crippen molar-refractivity contribution in [2.75, 3.05) is 6.54 Å². The molecule has 18 heavy (non-hydrogen) atoms. The second-order valence-electron chi connectivity index (χ2n) is 5.25. The number of amides is 1. The molecule has 0 aromatic heterocycles. The summed E-state index contributed by atoms with van der Waals surface area (Å²) in [7, 11) is 0. The third kappa shape index (κ3) is 4.92. The van der Waals surface area contributed by atoms with Gasteiger partial charge in [0.05, 0.1) is 4.99 Å². The first-order valence-corrected chi connectivity index (χ1v) is 7.59. The summed E-state index contributed by atoms with van der Waals surface area (Å²) in [4.78, 5) is 15.1. The Morgan fingerprint density at radius 1 is 1.33 bits per heavy atom. The molecule has 1 aliphatic carbocycles. The first-order valence-electron chi connectivity index (χ1n) is 7.18. The Balaban J connectivity index is 2.58. The molecule has 1 saturated carbocycles. The van der Waals surface area contributed by atoms with Crippen molar-refractivity contribution < 1.29 is 4.79 Å². The molecule has 1 fully saturated rings. The van der Waals surface area contributed by atoms with E-state index in [4.69, 9.17) is 18.0 Å². The van der Waals surface area contributed by atoms with E-state index >= 15 is 0 Å². The summed E-state index contributed by atoms with van der Waals surface area (Å²) in [6, 6.07) is 0.461. The van der Waals surface area contributed by atoms with Gasteiger partial charge in [0.2, 0.25) is 5.91 Å². The Kier molecular flexibility index (Phi) is 6.61. The number of thiocarbonyl (C=S) groups is 1. The molecular weight excluding hydrogens is 244 g/mol. The van der Waals surface area contributed by atoms with E-state index in [2.05, 4.69) is 13.8 Å². The normalized spacial score (nSPS) is 14.8. The van der Waals surface area contributed by atoms with E-state index in [1.807, 2.05) is 4.90 Å². The van der Waals surface area contributed by atoms with Crippen LogP contribution in [0.2, 0.25) is 0 Å². The molecule has 0 spiro atoms. The summed E-state index contributed by atoms with van der Waals surface area (Å²) in [5.74, 6) is 0.532. The third-order valence-electron chi connectivity index (χ3n) is 3.49. The van der Waals surface area contributed by atoms with Gasteiger partial charge in [0.1, 0.15) is 0 Å². The summed E-state index contributed by atoms with van der Waals surface area (Å²) < 4.78 is 0. The molecule has 3 nitrogen and oxygen atoms in total. The van der Waals surface area contributed by atoms with E-state index < -0.39 is 0 Å². The van der Waals surface area contributed by atoms with Crippen molar-refractivity contribution in [3.05, 3.63) is 0 Å². The molecule has 0 bridgehead atoms. The summed E-state index contributed by atoms with van der Waals surface area (Å²) in [5.41, 5.74) is 5.55. The third-order valence-corrected chi connectivity index (χ3v) is 3.70. The lowest BCUT2D eigenvalue weighted by molar-refractivity contribution is -0.136. The minimum absolute atomic E-state index is 0.201. The zero-order valence-electron chi connectivity index (χ0n) is 11.7. The van der Waals surface area contributed by atoms with Gasteiger partial charge in [-0.05, 0) is 25.7 Å². The molecular formula is C14H26N2OS. The van der Waals surface area contributed by atoms with E-state index in [1.54, 1.807) is 0 Å². The molecule has 0 aromatic carbocycles. The van der Waals surface area contributed by atoms with Gasteiger partial charge >= 0.3 is 0 Å². The summed E-state index contributed by atoms with van der Waals surface area (Å²) in [6.45, 7) is 5.00. The van der Waals surface area contributed by atoms with Gasteiger partial charge in [-0.2, -0.15) is 0 Å². The second kappa shape index (κ2) is 7.72. The van der Waals surface area contributed by atoms with Crippen molar-refractivity contribution >= 4 is 23.1 Å². The molecule has 0 saturated heterocycles. The van der Waals surface area contributed by atoms with Crippen LogP contribution < -0.4 is 5.73 Å². The Hall–Kier alpha value is -0.640. The van der Waals surface area contributed by atoms with E-state index in [-0.39, 0.29) is 5.92 Å². The maximum atomic E-state index is 12.6.